The van der Waals surface area contributed by atoms with Gasteiger partial charge in [0.15, 0.2) is 0 Å². The van der Waals surface area contributed by atoms with Gasteiger partial charge in [0.2, 0.25) is 0 Å². The normalized spacial score (nSPS) is 10.8. The molecule has 0 atom stereocenters. The van der Waals surface area contributed by atoms with Crippen LogP contribution in [0.1, 0.15) is 30.6 Å². The van der Waals surface area contributed by atoms with Gasteiger partial charge in [-0.3, -0.25) is 0 Å². The highest BCUT2D eigenvalue weighted by Gasteiger charge is 2.10. The number of thioether (sulfide) groups is 1. The number of ether oxygens (including phenoxy) is 1. The lowest BCUT2D eigenvalue weighted by Gasteiger charge is -2.07. The van der Waals surface area contributed by atoms with E-state index in [-0.39, 0.29) is 5.56 Å². The molecule has 0 aromatic carbocycles. The van der Waals surface area contributed by atoms with E-state index in [1.807, 2.05) is 0 Å². The fourth-order valence-corrected chi connectivity index (χ4v) is 2.13. The van der Waals surface area contributed by atoms with Crippen molar-refractivity contribution in [3.63, 3.8) is 0 Å². The van der Waals surface area contributed by atoms with Gasteiger partial charge in [0.05, 0.1) is 12.2 Å². The number of rotatable bonds is 8. The van der Waals surface area contributed by atoms with E-state index in [0.717, 1.165) is 18.8 Å². The molecule has 0 aliphatic carbocycles. The summed E-state index contributed by atoms with van der Waals surface area (Å²) in [6, 6.07) is 3.20. The van der Waals surface area contributed by atoms with E-state index in [9.17, 15) is 4.79 Å². The molecule has 0 saturated carbocycles. The molecule has 0 spiro atoms. The fraction of sp³-hybridized carbons (Fsp3) is 0.538. The Morgan fingerprint density at radius 2 is 2.28 bits per heavy atom. The van der Waals surface area contributed by atoms with E-state index < -0.39 is 5.97 Å². The molecule has 0 amide bonds. The number of nitrogens with zero attached hydrogens (tertiary/aromatic N) is 1. The molecule has 1 rings (SSSR count). The predicted octanol–water partition coefficient (Wildman–Crippen LogP) is 2.93. The van der Waals surface area contributed by atoms with Crippen LogP contribution in [-0.2, 0) is 4.74 Å². The van der Waals surface area contributed by atoms with Crippen LogP contribution in [0.25, 0.3) is 0 Å². The van der Waals surface area contributed by atoms with Gasteiger partial charge >= 0.3 is 5.97 Å². The Balaban J connectivity index is 2.29. The van der Waals surface area contributed by atoms with Crippen LogP contribution >= 0.6 is 11.8 Å². The molecule has 0 bridgehead atoms. The van der Waals surface area contributed by atoms with Crippen LogP contribution in [-0.4, -0.2) is 35.0 Å². The Morgan fingerprint density at radius 1 is 1.50 bits per heavy atom. The van der Waals surface area contributed by atoms with Crippen LogP contribution in [0.15, 0.2) is 23.4 Å². The second-order valence-corrected chi connectivity index (χ2v) is 5.39. The van der Waals surface area contributed by atoms with Crippen LogP contribution in [0.5, 0.6) is 0 Å². The van der Waals surface area contributed by atoms with Crippen molar-refractivity contribution in [3.05, 3.63) is 23.9 Å². The molecule has 0 aliphatic rings. The lowest BCUT2D eigenvalue weighted by Crippen LogP contribution is -2.04. The lowest BCUT2D eigenvalue weighted by atomic mass is 10.1. The van der Waals surface area contributed by atoms with Crippen molar-refractivity contribution in [2.24, 2.45) is 5.92 Å². The summed E-state index contributed by atoms with van der Waals surface area (Å²) < 4.78 is 5.47. The van der Waals surface area contributed by atoms with Crippen molar-refractivity contribution in [1.82, 2.24) is 4.98 Å². The molecule has 0 aliphatic heterocycles. The van der Waals surface area contributed by atoms with Crippen LogP contribution in [0.2, 0.25) is 0 Å². The average molecular weight is 269 g/mol. The van der Waals surface area contributed by atoms with Gasteiger partial charge < -0.3 is 9.84 Å². The largest absolute Gasteiger partial charge is 0.478 e. The first-order valence-corrected chi connectivity index (χ1v) is 6.98. The van der Waals surface area contributed by atoms with Crippen LogP contribution in [0.3, 0.4) is 0 Å². The van der Waals surface area contributed by atoms with Gasteiger partial charge in [-0.05, 0) is 24.5 Å². The number of pyridine rings is 1. The number of aromatic carboxylic acids is 1. The Labute approximate surface area is 112 Å². The molecule has 5 heteroatoms. The van der Waals surface area contributed by atoms with Gasteiger partial charge in [-0.1, -0.05) is 13.8 Å². The summed E-state index contributed by atoms with van der Waals surface area (Å²) in [5, 5.41) is 9.54. The van der Waals surface area contributed by atoms with Gasteiger partial charge in [0, 0.05) is 18.6 Å². The maximum Gasteiger partial charge on any atom is 0.338 e. The predicted molar refractivity (Wildman–Crippen MR) is 72.2 cm³/mol. The minimum absolute atomic E-state index is 0.254. The van der Waals surface area contributed by atoms with Crippen molar-refractivity contribution in [3.8, 4) is 0 Å². The molecular weight excluding hydrogens is 250 g/mol. The Hall–Kier alpha value is -1.07. The summed E-state index contributed by atoms with van der Waals surface area (Å²) in [7, 11) is 0. The highest BCUT2D eigenvalue weighted by Crippen LogP contribution is 2.19. The Kier molecular flexibility index (Phi) is 6.75. The van der Waals surface area contributed by atoms with Gasteiger partial charge in [-0.2, -0.15) is 0 Å². The fourth-order valence-electron chi connectivity index (χ4n) is 1.29. The molecule has 0 unspecified atom stereocenters. The molecular formula is C13H19NO3S. The number of carbonyl (C=O) groups is 1. The maximum absolute atomic E-state index is 10.9. The highest BCUT2D eigenvalue weighted by molar-refractivity contribution is 7.99. The van der Waals surface area contributed by atoms with Crippen molar-refractivity contribution < 1.29 is 14.6 Å². The third-order valence-electron chi connectivity index (χ3n) is 2.31. The van der Waals surface area contributed by atoms with Gasteiger partial charge in [-0.25, -0.2) is 9.78 Å². The molecule has 0 radical (unpaired) electrons. The van der Waals surface area contributed by atoms with E-state index in [0.29, 0.717) is 17.6 Å². The number of hydrogen-bond acceptors (Lipinski definition) is 4. The van der Waals surface area contributed by atoms with Gasteiger partial charge in [0.25, 0.3) is 0 Å². The zero-order valence-electron chi connectivity index (χ0n) is 10.8. The van der Waals surface area contributed by atoms with E-state index in [2.05, 4.69) is 18.8 Å². The second-order valence-electron chi connectivity index (χ2n) is 4.30. The maximum atomic E-state index is 10.9. The molecule has 1 heterocycles. The summed E-state index contributed by atoms with van der Waals surface area (Å²) in [6.45, 7) is 5.69. The Morgan fingerprint density at radius 3 is 2.94 bits per heavy atom. The molecule has 1 N–H and O–H groups in total. The van der Waals surface area contributed by atoms with Crippen molar-refractivity contribution in [2.75, 3.05) is 19.0 Å². The first-order chi connectivity index (χ1) is 8.61. The summed E-state index contributed by atoms with van der Waals surface area (Å²) in [5.74, 6) is 0.424. The van der Waals surface area contributed by atoms with Crippen LogP contribution in [0.4, 0.5) is 0 Å². The quantitative estimate of drug-likeness (QED) is 0.581. The number of carboxylic acids is 1. The van der Waals surface area contributed by atoms with E-state index >= 15 is 0 Å². The van der Waals surface area contributed by atoms with E-state index in [4.69, 9.17) is 9.84 Å². The SMILES string of the molecule is CC(C)CCOCCSc1ncccc1C(=O)O. The monoisotopic (exact) mass is 269 g/mol. The van der Waals surface area contributed by atoms with Gasteiger partial charge in [-0.15, -0.1) is 11.8 Å². The minimum Gasteiger partial charge on any atom is -0.478 e. The summed E-state index contributed by atoms with van der Waals surface area (Å²) >= 11 is 1.42. The smallest absolute Gasteiger partial charge is 0.338 e. The van der Waals surface area contributed by atoms with Crippen molar-refractivity contribution in [1.29, 1.82) is 0 Å². The second kappa shape index (κ2) is 8.11. The van der Waals surface area contributed by atoms with Crippen molar-refractivity contribution >= 4 is 17.7 Å². The summed E-state index contributed by atoms with van der Waals surface area (Å²) in [5.41, 5.74) is 0.254. The van der Waals surface area contributed by atoms with E-state index in [1.165, 1.54) is 11.8 Å². The zero-order chi connectivity index (χ0) is 13.4. The zero-order valence-corrected chi connectivity index (χ0v) is 11.6. The first-order valence-electron chi connectivity index (χ1n) is 6.00. The minimum atomic E-state index is -0.939. The third-order valence-corrected chi connectivity index (χ3v) is 3.28. The first kappa shape index (κ1) is 15.0. The Bertz CT molecular complexity index is 382. The highest BCUT2D eigenvalue weighted by atomic mass is 32.2. The molecule has 1 aromatic heterocycles. The molecule has 0 saturated heterocycles. The summed E-state index contributed by atoms with van der Waals surface area (Å²) in [4.78, 5) is 15.0. The molecule has 4 nitrogen and oxygen atoms in total. The summed E-state index contributed by atoms with van der Waals surface area (Å²) in [6.07, 6.45) is 2.66. The average Bonchev–Trinajstić information content (AvgIpc) is 2.33. The number of carboxylic acid groups (broad SMARTS) is 1. The van der Waals surface area contributed by atoms with Crippen molar-refractivity contribution in [2.45, 2.75) is 25.3 Å². The molecule has 0 fully saturated rings. The topological polar surface area (TPSA) is 59.4 Å². The van der Waals surface area contributed by atoms with E-state index in [1.54, 1.807) is 18.3 Å². The molecule has 100 valence electrons. The lowest BCUT2D eigenvalue weighted by molar-refractivity contribution is 0.0692. The molecule has 1 aromatic rings. The molecule has 18 heavy (non-hydrogen) atoms. The number of aromatic nitrogens is 1. The number of hydrogen-bond donors (Lipinski definition) is 1. The standard InChI is InChI=1S/C13H19NO3S/c1-10(2)5-7-17-8-9-18-12-11(13(15)16)4-3-6-14-12/h3-4,6,10H,5,7-9H2,1-2H3,(H,15,16). The third kappa shape index (κ3) is 5.51. The van der Waals surface area contributed by atoms with Crippen LogP contribution < -0.4 is 0 Å². The van der Waals surface area contributed by atoms with Crippen LogP contribution in [0, 0.1) is 5.92 Å². The van der Waals surface area contributed by atoms with Gasteiger partial charge in [0.1, 0.15) is 5.03 Å².